The lowest BCUT2D eigenvalue weighted by Crippen LogP contribution is -2.27. The van der Waals surface area contributed by atoms with Gasteiger partial charge in [-0.25, -0.2) is 15.8 Å². The van der Waals surface area contributed by atoms with E-state index in [0.717, 1.165) is 36.2 Å². The second-order valence-corrected chi connectivity index (χ2v) is 5.78. The van der Waals surface area contributed by atoms with Gasteiger partial charge in [0.15, 0.2) is 0 Å². The summed E-state index contributed by atoms with van der Waals surface area (Å²) in [6.45, 7) is 8.79. The highest BCUT2D eigenvalue weighted by Crippen LogP contribution is 2.32. The Morgan fingerprint density at radius 2 is 2.11 bits per heavy atom. The summed E-state index contributed by atoms with van der Waals surface area (Å²) in [6, 6.07) is 0. The van der Waals surface area contributed by atoms with E-state index >= 15 is 0 Å². The molecule has 0 bridgehead atoms. The van der Waals surface area contributed by atoms with Gasteiger partial charge in [-0.1, -0.05) is 20.8 Å². The molecule has 0 radical (unpaired) electrons. The first-order valence-electron chi connectivity index (χ1n) is 7.20. The maximum atomic E-state index is 5.58. The molecule has 2 heterocycles. The van der Waals surface area contributed by atoms with E-state index in [1.165, 1.54) is 19.3 Å². The molecule has 3 N–H and O–H groups in total. The van der Waals surface area contributed by atoms with Crippen LogP contribution in [-0.2, 0) is 0 Å². The highest BCUT2D eigenvalue weighted by Gasteiger charge is 2.21. The first-order valence-corrected chi connectivity index (χ1v) is 7.20. The first kappa shape index (κ1) is 14.1. The summed E-state index contributed by atoms with van der Waals surface area (Å²) in [6.07, 6.45) is 5.37. The van der Waals surface area contributed by atoms with Gasteiger partial charge in [0, 0.05) is 18.7 Å². The van der Waals surface area contributed by atoms with Crippen LogP contribution in [0.15, 0.2) is 6.33 Å². The second kappa shape index (κ2) is 6.19. The number of hydrogen-bond acceptors (Lipinski definition) is 5. The number of nitrogens with one attached hydrogen (secondary N) is 1. The zero-order chi connectivity index (χ0) is 13.8. The zero-order valence-electron chi connectivity index (χ0n) is 12.2. The molecule has 1 aromatic heterocycles. The first-order chi connectivity index (χ1) is 9.13. The molecule has 1 atom stereocenters. The number of nitrogens with two attached hydrogens (primary N) is 1. The Balaban J connectivity index is 2.32. The van der Waals surface area contributed by atoms with Crippen LogP contribution >= 0.6 is 0 Å². The molecular formula is C14H25N5. The smallest absolute Gasteiger partial charge is 0.148 e. The minimum Gasteiger partial charge on any atom is -0.356 e. The van der Waals surface area contributed by atoms with E-state index in [1.807, 2.05) is 0 Å². The minimum atomic E-state index is 0.350. The molecule has 0 spiro atoms. The van der Waals surface area contributed by atoms with Crippen LogP contribution in [0.3, 0.4) is 0 Å². The predicted octanol–water partition coefficient (Wildman–Crippen LogP) is 2.51. The Kier molecular flexibility index (Phi) is 4.58. The quantitative estimate of drug-likeness (QED) is 0.648. The monoisotopic (exact) mass is 263 g/mol. The summed E-state index contributed by atoms with van der Waals surface area (Å²) in [4.78, 5) is 11.1. The van der Waals surface area contributed by atoms with Gasteiger partial charge in [0.25, 0.3) is 0 Å². The van der Waals surface area contributed by atoms with Crippen molar-refractivity contribution in [1.82, 2.24) is 9.97 Å². The third-order valence-electron chi connectivity index (χ3n) is 3.89. The fourth-order valence-corrected chi connectivity index (χ4v) is 2.76. The molecule has 5 heteroatoms. The van der Waals surface area contributed by atoms with Gasteiger partial charge in [-0.05, 0) is 31.1 Å². The molecule has 0 aliphatic carbocycles. The van der Waals surface area contributed by atoms with Gasteiger partial charge in [0.1, 0.15) is 18.0 Å². The molecule has 1 fully saturated rings. The molecule has 0 aromatic carbocycles. The Morgan fingerprint density at radius 1 is 1.32 bits per heavy atom. The van der Waals surface area contributed by atoms with E-state index < -0.39 is 0 Å². The molecule has 5 nitrogen and oxygen atoms in total. The summed E-state index contributed by atoms with van der Waals surface area (Å²) < 4.78 is 0. The van der Waals surface area contributed by atoms with Crippen LogP contribution in [0.1, 0.15) is 51.5 Å². The lowest BCUT2D eigenvalue weighted by atomic mass is 10.0. The summed E-state index contributed by atoms with van der Waals surface area (Å²) in [5.41, 5.74) is 3.83. The lowest BCUT2D eigenvalue weighted by molar-refractivity contribution is 0.521. The summed E-state index contributed by atoms with van der Waals surface area (Å²) in [5.74, 6) is 8.53. The Hall–Kier alpha value is -1.36. The van der Waals surface area contributed by atoms with Gasteiger partial charge < -0.3 is 10.3 Å². The molecule has 106 valence electrons. The summed E-state index contributed by atoms with van der Waals surface area (Å²) >= 11 is 0. The number of aromatic nitrogens is 2. The maximum absolute atomic E-state index is 5.58. The van der Waals surface area contributed by atoms with Crippen LogP contribution in [0, 0.1) is 5.92 Å². The highest BCUT2D eigenvalue weighted by molar-refractivity contribution is 5.59. The molecule has 0 amide bonds. The third-order valence-corrected chi connectivity index (χ3v) is 3.89. The topological polar surface area (TPSA) is 67.1 Å². The largest absolute Gasteiger partial charge is 0.356 e. The molecular weight excluding hydrogens is 238 g/mol. The van der Waals surface area contributed by atoms with E-state index in [-0.39, 0.29) is 0 Å². The van der Waals surface area contributed by atoms with Crippen LogP contribution in [0.25, 0.3) is 0 Å². The molecule has 19 heavy (non-hydrogen) atoms. The fraction of sp³-hybridized carbons (Fsp3) is 0.714. The third kappa shape index (κ3) is 3.15. The molecule has 1 aromatic rings. The molecule has 0 saturated carbocycles. The minimum absolute atomic E-state index is 0.350. The standard InChI is InChI=1S/C14H25N5/c1-10(2)12-13(18-15)16-9-17-14(12)19-7-4-5-11(3)6-8-19/h9-11H,4-8,15H2,1-3H3,(H,16,17,18). The van der Waals surface area contributed by atoms with Gasteiger partial charge in [-0.2, -0.15) is 0 Å². The Labute approximate surface area is 115 Å². The SMILES string of the molecule is CC1CCCN(c2ncnc(NN)c2C(C)C)CC1. The Bertz CT molecular complexity index is 418. The average molecular weight is 263 g/mol. The van der Waals surface area contributed by atoms with Crippen molar-refractivity contribution in [1.29, 1.82) is 0 Å². The average Bonchev–Trinajstić information content (AvgIpc) is 2.62. The van der Waals surface area contributed by atoms with Crippen molar-refractivity contribution in [2.75, 3.05) is 23.4 Å². The van der Waals surface area contributed by atoms with Gasteiger partial charge >= 0.3 is 0 Å². The fourth-order valence-electron chi connectivity index (χ4n) is 2.76. The summed E-state index contributed by atoms with van der Waals surface area (Å²) in [7, 11) is 0. The predicted molar refractivity (Wildman–Crippen MR) is 79.2 cm³/mol. The van der Waals surface area contributed by atoms with Gasteiger partial charge in [-0.3, -0.25) is 0 Å². The van der Waals surface area contributed by atoms with Crippen LogP contribution in [0.5, 0.6) is 0 Å². The number of rotatable bonds is 3. The lowest BCUT2D eigenvalue weighted by Gasteiger charge is -2.26. The Morgan fingerprint density at radius 3 is 2.79 bits per heavy atom. The van der Waals surface area contributed by atoms with Crippen LogP contribution < -0.4 is 16.2 Å². The van der Waals surface area contributed by atoms with Crippen molar-refractivity contribution < 1.29 is 0 Å². The highest BCUT2D eigenvalue weighted by atomic mass is 15.3. The van der Waals surface area contributed by atoms with Gasteiger partial charge in [0.05, 0.1) is 0 Å². The van der Waals surface area contributed by atoms with Crippen LogP contribution in [-0.4, -0.2) is 23.1 Å². The summed E-state index contributed by atoms with van der Waals surface area (Å²) in [5, 5.41) is 0. The molecule has 1 saturated heterocycles. The molecule has 2 rings (SSSR count). The van der Waals surface area contributed by atoms with E-state index in [9.17, 15) is 0 Å². The van der Waals surface area contributed by atoms with Crippen molar-refractivity contribution in [3.05, 3.63) is 11.9 Å². The molecule has 1 aliphatic rings. The number of anilines is 2. The molecule has 1 unspecified atom stereocenters. The van der Waals surface area contributed by atoms with Crippen LogP contribution in [0.4, 0.5) is 11.6 Å². The van der Waals surface area contributed by atoms with E-state index in [2.05, 4.69) is 41.1 Å². The van der Waals surface area contributed by atoms with Crippen molar-refractivity contribution in [3.63, 3.8) is 0 Å². The number of hydrogen-bond donors (Lipinski definition) is 2. The van der Waals surface area contributed by atoms with Crippen molar-refractivity contribution in [2.45, 2.75) is 46.0 Å². The van der Waals surface area contributed by atoms with Crippen molar-refractivity contribution >= 4 is 11.6 Å². The van der Waals surface area contributed by atoms with Gasteiger partial charge in [0.2, 0.25) is 0 Å². The van der Waals surface area contributed by atoms with E-state index in [1.54, 1.807) is 6.33 Å². The van der Waals surface area contributed by atoms with Crippen molar-refractivity contribution in [3.8, 4) is 0 Å². The number of nitrogens with zero attached hydrogens (tertiary/aromatic N) is 3. The number of nitrogen functional groups attached to an aromatic ring is 1. The number of hydrazine groups is 1. The van der Waals surface area contributed by atoms with Crippen LogP contribution in [0.2, 0.25) is 0 Å². The van der Waals surface area contributed by atoms with Crippen molar-refractivity contribution in [2.24, 2.45) is 11.8 Å². The zero-order valence-corrected chi connectivity index (χ0v) is 12.2. The van der Waals surface area contributed by atoms with Gasteiger partial charge in [-0.15, -0.1) is 0 Å². The van der Waals surface area contributed by atoms with E-state index in [4.69, 9.17) is 5.84 Å². The van der Waals surface area contributed by atoms with E-state index in [0.29, 0.717) is 5.92 Å². The maximum Gasteiger partial charge on any atom is 0.148 e. The second-order valence-electron chi connectivity index (χ2n) is 5.78. The normalized spacial score (nSPS) is 20.5. The molecule has 1 aliphatic heterocycles.